The molecule has 0 unspecified atom stereocenters. The SMILES string of the molecule is Cc1cc(Br)cc(C)c1OC(=O)C1CCCCC1. The lowest BCUT2D eigenvalue weighted by Crippen LogP contribution is -2.23. The van der Waals surface area contributed by atoms with Gasteiger partial charge in [-0.1, -0.05) is 35.2 Å². The first kappa shape index (κ1) is 13.6. The highest BCUT2D eigenvalue weighted by molar-refractivity contribution is 9.10. The van der Waals surface area contributed by atoms with E-state index in [-0.39, 0.29) is 11.9 Å². The molecule has 0 aromatic heterocycles. The van der Waals surface area contributed by atoms with Crippen LogP contribution >= 0.6 is 15.9 Å². The third kappa shape index (κ3) is 3.14. The Labute approximate surface area is 117 Å². The summed E-state index contributed by atoms with van der Waals surface area (Å²) < 4.78 is 6.63. The number of esters is 1. The first-order valence-corrected chi connectivity index (χ1v) is 7.35. The zero-order valence-electron chi connectivity index (χ0n) is 11.0. The minimum absolute atomic E-state index is 0.0526. The van der Waals surface area contributed by atoms with Crippen LogP contribution in [0, 0.1) is 19.8 Å². The molecule has 2 rings (SSSR count). The van der Waals surface area contributed by atoms with Crippen molar-refractivity contribution in [1.82, 2.24) is 0 Å². The van der Waals surface area contributed by atoms with Gasteiger partial charge in [0, 0.05) is 4.47 Å². The highest BCUT2D eigenvalue weighted by Gasteiger charge is 2.24. The molecule has 0 spiro atoms. The molecule has 0 amide bonds. The normalized spacial score (nSPS) is 16.6. The summed E-state index contributed by atoms with van der Waals surface area (Å²) in [6.45, 7) is 3.95. The molecular formula is C15H19BrO2. The fourth-order valence-electron chi connectivity index (χ4n) is 2.58. The molecule has 0 atom stereocenters. The predicted molar refractivity (Wildman–Crippen MR) is 75.8 cm³/mol. The van der Waals surface area contributed by atoms with Crippen molar-refractivity contribution in [3.8, 4) is 5.75 Å². The van der Waals surface area contributed by atoms with Crippen LogP contribution in [0.5, 0.6) is 5.75 Å². The number of carbonyl (C=O) groups is 1. The van der Waals surface area contributed by atoms with Crippen LogP contribution in [0.4, 0.5) is 0 Å². The Morgan fingerprint density at radius 3 is 2.28 bits per heavy atom. The van der Waals surface area contributed by atoms with Gasteiger partial charge in [0.15, 0.2) is 0 Å². The molecule has 1 aliphatic rings. The van der Waals surface area contributed by atoms with Gasteiger partial charge in [-0.2, -0.15) is 0 Å². The fourth-order valence-corrected chi connectivity index (χ4v) is 3.27. The number of aryl methyl sites for hydroxylation is 2. The number of carbonyl (C=O) groups excluding carboxylic acids is 1. The van der Waals surface area contributed by atoms with E-state index in [4.69, 9.17) is 4.74 Å². The second-order valence-electron chi connectivity index (χ2n) is 5.12. The summed E-state index contributed by atoms with van der Waals surface area (Å²) in [6, 6.07) is 3.97. The summed E-state index contributed by atoms with van der Waals surface area (Å²) in [6.07, 6.45) is 5.51. The molecule has 18 heavy (non-hydrogen) atoms. The van der Waals surface area contributed by atoms with Gasteiger partial charge in [-0.05, 0) is 49.9 Å². The van der Waals surface area contributed by atoms with Crippen LogP contribution in [0.1, 0.15) is 43.2 Å². The van der Waals surface area contributed by atoms with Crippen LogP contribution in [0.2, 0.25) is 0 Å². The minimum Gasteiger partial charge on any atom is -0.426 e. The van der Waals surface area contributed by atoms with Crippen molar-refractivity contribution in [2.75, 3.05) is 0 Å². The fraction of sp³-hybridized carbons (Fsp3) is 0.533. The van der Waals surface area contributed by atoms with Crippen molar-refractivity contribution in [3.05, 3.63) is 27.7 Å². The molecular weight excluding hydrogens is 292 g/mol. The number of rotatable bonds is 2. The summed E-state index contributed by atoms with van der Waals surface area (Å²) in [5.41, 5.74) is 2.01. The van der Waals surface area contributed by atoms with E-state index in [1.165, 1.54) is 6.42 Å². The van der Waals surface area contributed by atoms with E-state index in [1.54, 1.807) is 0 Å². The largest absolute Gasteiger partial charge is 0.426 e. The number of ether oxygens (including phenoxy) is 1. The third-order valence-corrected chi connectivity index (χ3v) is 4.02. The zero-order valence-corrected chi connectivity index (χ0v) is 12.5. The minimum atomic E-state index is -0.0526. The van der Waals surface area contributed by atoms with Gasteiger partial charge < -0.3 is 4.74 Å². The van der Waals surface area contributed by atoms with E-state index in [0.717, 1.165) is 47.0 Å². The number of benzene rings is 1. The Balaban J connectivity index is 2.11. The summed E-state index contributed by atoms with van der Waals surface area (Å²) in [7, 11) is 0. The van der Waals surface area contributed by atoms with Crippen LogP contribution in [0.15, 0.2) is 16.6 Å². The summed E-state index contributed by atoms with van der Waals surface area (Å²) in [5.74, 6) is 0.776. The highest BCUT2D eigenvalue weighted by Crippen LogP contribution is 2.30. The van der Waals surface area contributed by atoms with Gasteiger partial charge in [0.25, 0.3) is 0 Å². The monoisotopic (exact) mass is 310 g/mol. The number of hydrogen-bond acceptors (Lipinski definition) is 2. The van der Waals surface area contributed by atoms with Gasteiger partial charge in [-0.15, -0.1) is 0 Å². The maximum Gasteiger partial charge on any atom is 0.314 e. The van der Waals surface area contributed by atoms with Gasteiger partial charge in [0.1, 0.15) is 5.75 Å². The predicted octanol–water partition coefficient (Wildman–Crippen LogP) is 4.55. The molecule has 0 aliphatic heterocycles. The van der Waals surface area contributed by atoms with Crippen LogP contribution in [-0.2, 0) is 4.79 Å². The summed E-state index contributed by atoms with van der Waals surface area (Å²) in [5, 5.41) is 0. The van der Waals surface area contributed by atoms with Crippen molar-refractivity contribution >= 4 is 21.9 Å². The Hall–Kier alpha value is -0.830. The Kier molecular flexibility index (Phi) is 4.44. The van der Waals surface area contributed by atoms with Crippen LogP contribution in [0.25, 0.3) is 0 Å². The molecule has 1 saturated carbocycles. The van der Waals surface area contributed by atoms with Gasteiger partial charge >= 0.3 is 5.97 Å². The Morgan fingerprint density at radius 1 is 1.17 bits per heavy atom. The molecule has 1 aromatic rings. The molecule has 2 nitrogen and oxygen atoms in total. The van der Waals surface area contributed by atoms with Gasteiger partial charge in [0.2, 0.25) is 0 Å². The molecule has 0 radical (unpaired) electrons. The average molecular weight is 311 g/mol. The average Bonchev–Trinajstić information content (AvgIpc) is 2.34. The smallest absolute Gasteiger partial charge is 0.314 e. The van der Waals surface area contributed by atoms with E-state index < -0.39 is 0 Å². The molecule has 0 heterocycles. The maximum atomic E-state index is 12.1. The van der Waals surface area contributed by atoms with Gasteiger partial charge in [-0.25, -0.2) is 0 Å². The summed E-state index contributed by atoms with van der Waals surface area (Å²) >= 11 is 3.45. The van der Waals surface area contributed by atoms with Crippen molar-refractivity contribution < 1.29 is 9.53 Å². The summed E-state index contributed by atoms with van der Waals surface area (Å²) in [4.78, 5) is 12.1. The van der Waals surface area contributed by atoms with Gasteiger partial charge in [-0.3, -0.25) is 4.79 Å². The first-order chi connectivity index (χ1) is 8.58. The van der Waals surface area contributed by atoms with E-state index in [0.29, 0.717) is 0 Å². The van der Waals surface area contributed by atoms with Gasteiger partial charge in [0.05, 0.1) is 5.92 Å². The first-order valence-electron chi connectivity index (χ1n) is 6.56. The van der Waals surface area contributed by atoms with Crippen LogP contribution < -0.4 is 4.74 Å². The molecule has 1 fully saturated rings. The lowest BCUT2D eigenvalue weighted by atomic mass is 9.89. The van der Waals surface area contributed by atoms with Crippen molar-refractivity contribution in [3.63, 3.8) is 0 Å². The third-order valence-electron chi connectivity index (χ3n) is 3.57. The highest BCUT2D eigenvalue weighted by atomic mass is 79.9. The topological polar surface area (TPSA) is 26.3 Å². The lowest BCUT2D eigenvalue weighted by molar-refractivity contribution is -0.140. The van der Waals surface area contributed by atoms with Crippen molar-refractivity contribution in [1.29, 1.82) is 0 Å². The maximum absolute atomic E-state index is 12.1. The van der Waals surface area contributed by atoms with Crippen LogP contribution in [-0.4, -0.2) is 5.97 Å². The van der Waals surface area contributed by atoms with Crippen molar-refractivity contribution in [2.45, 2.75) is 46.0 Å². The molecule has 0 bridgehead atoms. The standard InChI is InChI=1S/C15H19BrO2/c1-10-8-13(16)9-11(2)14(10)18-15(17)12-6-4-3-5-7-12/h8-9,12H,3-7H2,1-2H3. The van der Waals surface area contributed by atoms with E-state index in [1.807, 2.05) is 26.0 Å². The zero-order chi connectivity index (χ0) is 13.1. The quantitative estimate of drug-likeness (QED) is 0.591. The second kappa shape index (κ2) is 5.87. The van der Waals surface area contributed by atoms with E-state index in [2.05, 4.69) is 15.9 Å². The Morgan fingerprint density at radius 2 is 1.72 bits per heavy atom. The molecule has 0 N–H and O–H groups in total. The lowest BCUT2D eigenvalue weighted by Gasteiger charge is -2.21. The molecule has 98 valence electrons. The van der Waals surface area contributed by atoms with E-state index >= 15 is 0 Å². The Bertz CT molecular complexity index is 425. The molecule has 0 saturated heterocycles. The molecule has 3 heteroatoms. The van der Waals surface area contributed by atoms with E-state index in [9.17, 15) is 4.79 Å². The number of halogens is 1. The molecule has 1 aromatic carbocycles. The number of hydrogen-bond donors (Lipinski definition) is 0. The van der Waals surface area contributed by atoms with Crippen molar-refractivity contribution in [2.24, 2.45) is 5.92 Å². The van der Waals surface area contributed by atoms with Crippen LogP contribution in [0.3, 0.4) is 0 Å². The second-order valence-corrected chi connectivity index (χ2v) is 6.04. The molecule has 1 aliphatic carbocycles.